The summed E-state index contributed by atoms with van der Waals surface area (Å²) in [6.07, 6.45) is 3.20. The predicted molar refractivity (Wildman–Crippen MR) is 83.9 cm³/mol. The Morgan fingerprint density at radius 1 is 1.29 bits per heavy atom. The van der Waals surface area contributed by atoms with Gasteiger partial charge in [-0.05, 0) is 37.5 Å². The molecular formula is C15H11FN2OS2. The van der Waals surface area contributed by atoms with E-state index in [0.717, 1.165) is 29.7 Å². The number of hydrogen-bond donors (Lipinski definition) is 1. The van der Waals surface area contributed by atoms with Gasteiger partial charge in [-0.15, -0.1) is 22.7 Å². The molecule has 0 bridgehead atoms. The van der Waals surface area contributed by atoms with Gasteiger partial charge in [0.1, 0.15) is 5.82 Å². The van der Waals surface area contributed by atoms with E-state index in [9.17, 15) is 9.18 Å². The number of hydrogen-bond acceptors (Lipinski definition) is 4. The molecule has 0 radical (unpaired) electrons. The molecule has 0 aliphatic heterocycles. The Labute approximate surface area is 128 Å². The number of fused-ring (bicyclic) bond motifs is 2. The van der Waals surface area contributed by atoms with Crippen molar-refractivity contribution in [2.45, 2.75) is 19.3 Å². The molecule has 1 amide bonds. The molecule has 1 N–H and O–H groups in total. The Bertz CT molecular complexity index is 831. The number of anilines is 1. The Morgan fingerprint density at radius 2 is 2.19 bits per heavy atom. The number of benzene rings is 1. The summed E-state index contributed by atoms with van der Waals surface area (Å²) in [5, 5.41) is 3.96. The molecule has 21 heavy (non-hydrogen) atoms. The first-order valence-corrected chi connectivity index (χ1v) is 8.32. The third-order valence-electron chi connectivity index (χ3n) is 3.55. The van der Waals surface area contributed by atoms with Crippen molar-refractivity contribution in [3.63, 3.8) is 0 Å². The van der Waals surface area contributed by atoms with Gasteiger partial charge in [-0.1, -0.05) is 6.07 Å². The lowest BCUT2D eigenvalue weighted by Crippen LogP contribution is -2.09. The van der Waals surface area contributed by atoms with Gasteiger partial charge in [0, 0.05) is 15.0 Å². The summed E-state index contributed by atoms with van der Waals surface area (Å²) in [6, 6.07) is 6.48. The highest BCUT2D eigenvalue weighted by Crippen LogP contribution is 2.32. The van der Waals surface area contributed by atoms with Crippen LogP contribution in [0, 0.1) is 5.82 Å². The molecule has 2 heterocycles. The number of aryl methyl sites for hydroxylation is 2. The Morgan fingerprint density at radius 3 is 3.00 bits per heavy atom. The maximum Gasteiger partial charge on any atom is 0.267 e. The van der Waals surface area contributed by atoms with Crippen molar-refractivity contribution in [1.29, 1.82) is 0 Å². The molecule has 0 saturated heterocycles. The summed E-state index contributed by atoms with van der Waals surface area (Å²) in [7, 11) is 0. The van der Waals surface area contributed by atoms with E-state index < -0.39 is 0 Å². The molecular weight excluding hydrogens is 307 g/mol. The van der Waals surface area contributed by atoms with Crippen LogP contribution in [0.15, 0.2) is 24.3 Å². The van der Waals surface area contributed by atoms with Crippen LogP contribution in [-0.2, 0) is 12.8 Å². The van der Waals surface area contributed by atoms with E-state index in [1.54, 1.807) is 23.5 Å². The molecule has 3 nitrogen and oxygen atoms in total. The van der Waals surface area contributed by atoms with Gasteiger partial charge in [-0.25, -0.2) is 9.37 Å². The third kappa shape index (κ3) is 2.24. The van der Waals surface area contributed by atoms with Crippen LogP contribution in [0.5, 0.6) is 0 Å². The van der Waals surface area contributed by atoms with Gasteiger partial charge in [0.05, 0.1) is 10.6 Å². The van der Waals surface area contributed by atoms with Gasteiger partial charge in [-0.3, -0.25) is 10.1 Å². The molecule has 6 heteroatoms. The number of carbonyl (C=O) groups is 1. The van der Waals surface area contributed by atoms with Crippen LogP contribution < -0.4 is 5.32 Å². The second kappa shape index (κ2) is 4.89. The second-order valence-corrected chi connectivity index (χ2v) is 7.13. The SMILES string of the molecule is O=C(Nc1nc2c(s1)CCC2)c1cc2c(F)cccc2s1. The summed E-state index contributed by atoms with van der Waals surface area (Å²) in [5.41, 5.74) is 1.11. The first-order valence-electron chi connectivity index (χ1n) is 6.69. The van der Waals surface area contributed by atoms with Crippen LogP contribution in [0.3, 0.4) is 0 Å². The predicted octanol–water partition coefficient (Wildman–Crippen LogP) is 4.24. The number of rotatable bonds is 2. The van der Waals surface area contributed by atoms with E-state index in [4.69, 9.17) is 0 Å². The number of nitrogens with zero attached hydrogens (tertiary/aromatic N) is 1. The average Bonchev–Trinajstić information content (AvgIpc) is 3.11. The van der Waals surface area contributed by atoms with Crippen LogP contribution in [0.2, 0.25) is 0 Å². The van der Waals surface area contributed by atoms with Gasteiger partial charge in [0.25, 0.3) is 5.91 Å². The largest absolute Gasteiger partial charge is 0.297 e. The van der Waals surface area contributed by atoms with Gasteiger partial charge in [0.2, 0.25) is 0 Å². The van der Waals surface area contributed by atoms with Gasteiger partial charge >= 0.3 is 0 Å². The topological polar surface area (TPSA) is 42.0 Å². The first-order chi connectivity index (χ1) is 10.2. The van der Waals surface area contributed by atoms with Crippen LogP contribution >= 0.6 is 22.7 Å². The normalized spacial score (nSPS) is 13.6. The van der Waals surface area contributed by atoms with Gasteiger partial charge < -0.3 is 0 Å². The highest BCUT2D eigenvalue weighted by Gasteiger charge is 2.19. The number of thiophene rings is 1. The number of carbonyl (C=O) groups excluding carboxylic acids is 1. The number of aromatic nitrogens is 1. The number of nitrogens with one attached hydrogen (secondary N) is 1. The smallest absolute Gasteiger partial charge is 0.267 e. The highest BCUT2D eigenvalue weighted by atomic mass is 32.1. The molecule has 106 valence electrons. The number of halogens is 1. The second-order valence-electron chi connectivity index (χ2n) is 4.96. The Hall–Kier alpha value is -1.79. The van der Waals surface area contributed by atoms with Crippen molar-refractivity contribution >= 4 is 43.8 Å². The molecule has 2 aromatic heterocycles. The fourth-order valence-corrected chi connectivity index (χ4v) is 4.56. The van der Waals surface area contributed by atoms with Crippen molar-refractivity contribution in [2.75, 3.05) is 5.32 Å². The third-order valence-corrected chi connectivity index (χ3v) is 5.72. The molecule has 0 atom stereocenters. The molecule has 0 spiro atoms. The molecule has 4 rings (SSSR count). The lowest BCUT2D eigenvalue weighted by Gasteiger charge is -1.98. The van der Waals surface area contributed by atoms with Crippen LogP contribution in [0.4, 0.5) is 9.52 Å². The summed E-state index contributed by atoms with van der Waals surface area (Å²) >= 11 is 2.84. The lowest BCUT2D eigenvalue weighted by atomic mass is 10.2. The number of thiazole rings is 1. The molecule has 0 fully saturated rings. The summed E-state index contributed by atoms with van der Waals surface area (Å²) in [6.45, 7) is 0. The molecule has 1 aliphatic rings. The number of amides is 1. The molecule has 1 aliphatic carbocycles. The van der Waals surface area contributed by atoms with E-state index in [2.05, 4.69) is 10.3 Å². The molecule has 1 aromatic carbocycles. The van der Waals surface area contributed by atoms with Gasteiger partial charge in [-0.2, -0.15) is 0 Å². The zero-order valence-corrected chi connectivity index (χ0v) is 12.6. The van der Waals surface area contributed by atoms with E-state index in [1.165, 1.54) is 22.3 Å². The lowest BCUT2D eigenvalue weighted by molar-refractivity contribution is 0.103. The van der Waals surface area contributed by atoms with Crippen LogP contribution in [0.25, 0.3) is 10.1 Å². The van der Waals surface area contributed by atoms with E-state index in [-0.39, 0.29) is 11.7 Å². The van der Waals surface area contributed by atoms with E-state index in [1.807, 2.05) is 6.07 Å². The molecule has 0 unspecified atom stereocenters. The zero-order valence-electron chi connectivity index (χ0n) is 11.0. The fraction of sp³-hybridized carbons (Fsp3) is 0.200. The quantitative estimate of drug-likeness (QED) is 0.768. The monoisotopic (exact) mass is 318 g/mol. The summed E-state index contributed by atoms with van der Waals surface area (Å²) < 4.78 is 14.4. The molecule has 0 saturated carbocycles. The summed E-state index contributed by atoms with van der Waals surface area (Å²) in [5.74, 6) is -0.515. The summed E-state index contributed by atoms with van der Waals surface area (Å²) in [4.78, 5) is 18.5. The minimum Gasteiger partial charge on any atom is -0.297 e. The fourth-order valence-electron chi connectivity index (χ4n) is 2.54. The van der Waals surface area contributed by atoms with Crippen molar-refractivity contribution in [3.05, 3.63) is 45.5 Å². The maximum atomic E-state index is 13.7. The van der Waals surface area contributed by atoms with Crippen LogP contribution in [0.1, 0.15) is 26.7 Å². The Kier molecular flexibility index (Phi) is 3.01. The first kappa shape index (κ1) is 12.9. The highest BCUT2D eigenvalue weighted by molar-refractivity contribution is 7.21. The van der Waals surface area contributed by atoms with Crippen molar-refractivity contribution in [2.24, 2.45) is 0 Å². The standard InChI is InChI=1S/C15H11FN2OS2/c16-9-3-1-5-11-8(9)7-13(20-11)14(19)18-15-17-10-4-2-6-12(10)21-15/h1,3,5,7H,2,4,6H2,(H,17,18,19). The minimum absolute atomic E-state index is 0.219. The Balaban J connectivity index is 1.62. The van der Waals surface area contributed by atoms with Gasteiger partial charge in [0.15, 0.2) is 5.13 Å². The van der Waals surface area contributed by atoms with Crippen molar-refractivity contribution < 1.29 is 9.18 Å². The molecule has 3 aromatic rings. The average molecular weight is 318 g/mol. The van der Waals surface area contributed by atoms with Crippen molar-refractivity contribution in [3.8, 4) is 0 Å². The maximum absolute atomic E-state index is 13.7. The van der Waals surface area contributed by atoms with E-state index >= 15 is 0 Å². The van der Waals surface area contributed by atoms with Crippen LogP contribution in [-0.4, -0.2) is 10.9 Å². The zero-order chi connectivity index (χ0) is 14.4. The van der Waals surface area contributed by atoms with E-state index in [0.29, 0.717) is 15.4 Å². The van der Waals surface area contributed by atoms with Crippen molar-refractivity contribution in [1.82, 2.24) is 4.98 Å². The minimum atomic E-state index is -0.295.